The van der Waals surface area contributed by atoms with Crippen LogP contribution in [0.5, 0.6) is 11.5 Å². The van der Waals surface area contributed by atoms with Crippen LogP contribution in [0.25, 0.3) is 0 Å². The number of carboxylic acid groups (broad SMARTS) is 1. The number of aliphatic carboxylic acids is 1. The minimum absolute atomic E-state index is 0.117. The highest BCUT2D eigenvalue weighted by atomic mass is 16.5. The van der Waals surface area contributed by atoms with Gasteiger partial charge in [0, 0.05) is 13.0 Å². The van der Waals surface area contributed by atoms with E-state index < -0.39 is 5.97 Å². The van der Waals surface area contributed by atoms with Crippen molar-refractivity contribution >= 4 is 5.97 Å². The zero-order valence-corrected chi connectivity index (χ0v) is 12.4. The van der Waals surface area contributed by atoms with Gasteiger partial charge in [-0.25, -0.2) is 0 Å². The average Bonchev–Trinajstić information content (AvgIpc) is 2.38. The van der Waals surface area contributed by atoms with Crippen molar-refractivity contribution in [1.29, 1.82) is 0 Å². The molecular weight excluding hydrogens is 258 g/mol. The van der Waals surface area contributed by atoms with Crippen molar-refractivity contribution in [3.05, 3.63) is 23.8 Å². The van der Waals surface area contributed by atoms with Gasteiger partial charge in [-0.3, -0.25) is 4.79 Å². The highest BCUT2D eigenvalue weighted by Gasteiger charge is 2.08. The van der Waals surface area contributed by atoms with Gasteiger partial charge in [-0.15, -0.1) is 0 Å². The highest BCUT2D eigenvalue weighted by Crippen LogP contribution is 2.29. The van der Waals surface area contributed by atoms with Crippen LogP contribution in [0.2, 0.25) is 0 Å². The average molecular weight is 281 g/mol. The normalized spacial score (nSPS) is 10.6. The fraction of sp³-hybridized carbons (Fsp3) is 0.533. The number of carbonyl (C=O) groups is 1. The number of aryl methyl sites for hydroxylation is 1. The van der Waals surface area contributed by atoms with Gasteiger partial charge in [-0.1, -0.05) is 6.07 Å². The number of hydrogen-bond donors (Lipinski definition) is 1. The molecule has 1 rings (SSSR count). The first-order valence-corrected chi connectivity index (χ1v) is 6.78. The summed E-state index contributed by atoms with van der Waals surface area (Å²) in [4.78, 5) is 12.6. The molecule has 0 saturated heterocycles. The van der Waals surface area contributed by atoms with E-state index in [1.165, 1.54) is 0 Å². The van der Waals surface area contributed by atoms with Crippen LogP contribution >= 0.6 is 0 Å². The van der Waals surface area contributed by atoms with Crippen LogP contribution in [0.4, 0.5) is 0 Å². The van der Waals surface area contributed by atoms with Gasteiger partial charge in [0.1, 0.15) is 6.61 Å². The van der Waals surface area contributed by atoms with E-state index >= 15 is 0 Å². The Balaban J connectivity index is 2.70. The molecule has 1 N–H and O–H groups in total. The number of carboxylic acids is 1. The number of benzene rings is 1. The Bertz CT molecular complexity index is 432. The van der Waals surface area contributed by atoms with E-state index in [4.69, 9.17) is 14.6 Å². The third-order valence-corrected chi connectivity index (χ3v) is 2.73. The fourth-order valence-corrected chi connectivity index (χ4v) is 1.68. The van der Waals surface area contributed by atoms with Crippen molar-refractivity contribution in [2.75, 3.05) is 33.9 Å². The summed E-state index contributed by atoms with van der Waals surface area (Å²) in [7, 11) is 3.98. The summed E-state index contributed by atoms with van der Waals surface area (Å²) in [6.45, 7) is 3.87. The summed E-state index contributed by atoms with van der Waals surface area (Å²) in [6, 6.07) is 5.59. The number of nitrogens with zero attached hydrogens (tertiary/aromatic N) is 1. The zero-order valence-electron chi connectivity index (χ0n) is 12.4. The summed E-state index contributed by atoms with van der Waals surface area (Å²) in [5.41, 5.74) is 0.941. The van der Waals surface area contributed by atoms with E-state index in [1.54, 1.807) is 0 Å². The first kappa shape index (κ1) is 16.3. The first-order chi connectivity index (χ1) is 9.52. The van der Waals surface area contributed by atoms with E-state index in [1.807, 2.05) is 44.1 Å². The molecule has 0 amide bonds. The molecule has 0 fully saturated rings. The zero-order chi connectivity index (χ0) is 15.0. The van der Waals surface area contributed by atoms with Crippen LogP contribution in [0.3, 0.4) is 0 Å². The molecule has 0 aliphatic rings. The monoisotopic (exact) mass is 281 g/mol. The SMILES string of the molecule is CCOc1cc(CCC(=O)O)ccc1OCCN(C)C. The Kier molecular flexibility index (Phi) is 6.87. The summed E-state index contributed by atoms with van der Waals surface area (Å²) in [5.74, 6) is 0.580. The lowest BCUT2D eigenvalue weighted by molar-refractivity contribution is -0.136. The minimum Gasteiger partial charge on any atom is -0.490 e. The van der Waals surface area contributed by atoms with Gasteiger partial charge in [0.25, 0.3) is 0 Å². The lowest BCUT2D eigenvalue weighted by atomic mass is 10.1. The van der Waals surface area contributed by atoms with E-state index in [-0.39, 0.29) is 6.42 Å². The van der Waals surface area contributed by atoms with Crippen molar-refractivity contribution in [2.24, 2.45) is 0 Å². The second-order valence-corrected chi connectivity index (χ2v) is 4.76. The van der Waals surface area contributed by atoms with Gasteiger partial charge in [0.15, 0.2) is 11.5 Å². The molecule has 112 valence electrons. The van der Waals surface area contributed by atoms with Gasteiger partial charge in [0.2, 0.25) is 0 Å². The standard InChI is InChI=1S/C15H23NO4/c1-4-19-14-11-12(6-8-15(17)18)5-7-13(14)20-10-9-16(2)3/h5,7,11H,4,6,8-10H2,1-3H3,(H,17,18). The van der Waals surface area contributed by atoms with E-state index in [0.717, 1.165) is 12.1 Å². The predicted molar refractivity (Wildman–Crippen MR) is 77.6 cm³/mol. The summed E-state index contributed by atoms with van der Waals surface area (Å²) in [6.07, 6.45) is 0.611. The molecule has 0 saturated carbocycles. The summed E-state index contributed by atoms with van der Waals surface area (Å²) >= 11 is 0. The van der Waals surface area contributed by atoms with E-state index in [9.17, 15) is 4.79 Å². The minimum atomic E-state index is -0.797. The quantitative estimate of drug-likeness (QED) is 0.750. The Labute approximate surface area is 120 Å². The lowest BCUT2D eigenvalue weighted by Crippen LogP contribution is -2.19. The maximum absolute atomic E-state index is 10.6. The van der Waals surface area contributed by atoms with Gasteiger partial charge in [-0.2, -0.15) is 0 Å². The molecule has 0 aliphatic heterocycles. The van der Waals surface area contributed by atoms with Crippen molar-refractivity contribution in [3.63, 3.8) is 0 Å². The van der Waals surface area contributed by atoms with Gasteiger partial charge in [0.05, 0.1) is 6.61 Å². The molecular formula is C15H23NO4. The highest BCUT2D eigenvalue weighted by molar-refractivity contribution is 5.67. The Hall–Kier alpha value is -1.75. The van der Waals surface area contributed by atoms with E-state index in [2.05, 4.69) is 0 Å². The molecule has 0 spiro atoms. The topological polar surface area (TPSA) is 59.0 Å². The molecule has 1 aromatic carbocycles. The molecule has 0 atom stereocenters. The van der Waals surface area contributed by atoms with Crippen LogP contribution in [0, 0.1) is 0 Å². The van der Waals surface area contributed by atoms with Crippen molar-refractivity contribution in [1.82, 2.24) is 4.90 Å². The number of ether oxygens (including phenoxy) is 2. The number of hydrogen-bond acceptors (Lipinski definition) is 4. The van der Waals surface area contributed by atoms with Gasteiger partial charge in [-0.05, 0) is 45.1 Å². The van der Waals surface area contributed by atoms with Crippen LogP contribution in [-0.2, 0) is 11.2 Å². The second kappa shape index (κ2) is 8.43. The predicted octanol–water partition coefficient (Wildman–Crippen LogP) is 2.04. The van der Waals surface area contributed by atoms with Crippen molar-refractivity contribution in [2.45, 2.75) is 19.8 Å². The van der Waals surface area contributed by atoms with Gasteiger partial charge < -0.3 is 19.5 Å². The number of rotatable bonds is 9. The van der Waals surface area contributed by atoms with Crippen molar-refractivity contribution in [3.8, 4) is 11.5 Å². The molecule has 0 unspecified atom stereocenters. The smallest absolute Gasteiger partial charge is 0.303 e. The maximum Gasteiger partial charge on any atom is 0.303 e. The van der Waals surface area contributed by atoms with Gasteiger partial charge >= 0.3 is 5.97 Å². The lowest BCUT2D eigenvalue weighted by Gasteiger charge is -2.15. The molecule has 0 heterocycles. The Morgan fingerprint density at radius 1 is 1.25 bits per heavy atom. The third-order valence-electron chi connectivity index (χ3n) is 2.73. The first-order valence-electron chi connectivity index (χ1n) is 6.78. The Morgan fingerprint density at radius 2 is 2.00 bits per heavy atom. The molecule has 0 aliphatic carbocycles. The second-order valence-electron chi connectivity index (χ2n) is 4.76. The molecule has 20 heavy (non-hydrogen) atoms. The van der Waals surface area contributed by atoms with Crippen LogP contribution < -0.4 is 9.47 Å². The summed E-state index contributed by atoms with van der Waals surface area (Å²) in [5, 5.41) is 8.71. The molecule has 0 aromatic heterocycles. The molecule has 5 nitrogen and oxygen atoms in total. The molecule has 0 radical (unpaired) electrons. The summed E-state index contributed by atoms with van der Waals surface area (Å²) < 4.78 is 11.3. The fourth-order valence-electron chi connectivity index (χ4n) is 1.68. The third kappa shape index (κ3) is 5.93. The molecule has 5 heteroatoms. The van der Waals surface area contributed by atoms with Crippen LogP contribution in [0.1, 0.15) is 18.9 Å². The van der Waals surface area contributed by atoms with Crippen LogP contribution in [0.15, 0.2) is 18.2 Å². The Morgan fingerprint density at radius 3 is 2.60 bits per heavy atom. The van der Waals surface area contributed by atoms with E-state index in [0.29, 0.717) is 31.1 Å². The molecule has 1 aromatic rings. The number of likely N-dealkylation sites (N-methyl/N-ethyl adjacent to an activating group) is 1. The van der Waals surface area contributed by atoms with Crippen molar-refractivity contribution < 1.29 is 19.4 Å². The largest absolute Gasteiger partial charge is 0.490 e. The maximum atomic E-state index is 10.6. The molecule has 0 bridgehead atoms. The van der Waals surface area contributed by atoms with Crippen LogP contribution in [-0.4, -0.2) is 49.8 Å².